The van der Waals surface area contributed by atoms with Gasteiger partial charge in [0.15, 0.2) is 0 Å². The predicted molar refractivity (Wildman–Crippen MR) is 83.2 cm³/mol. The van der Waals surface area contributed by atoms with E-state index in [4.69, 9.17) is 0 Å². The van der Waals surface area contributed by atoms with Crippen molar-refractivity contribution in [2.45, 2.75) is 44.6 Å². The third-order valence-corrected chi connectivity index (χ3v) is 5.38. The molecule has 1 unspecified atom stereocenters. The molecule has 1 heterocycles. The van der Waals surface area contributed by atoms with E-state index in [-0.39, 0.29) is 16.4 Å². The van der Waals surface area contributed by atoms with Crippen molar-refractivity contribution in [2.75, 3.05) is 11.9 Å². The molecule has 0 aromatic carbocycles. The molecule has 0 saturated heterocycles. The maximum Gasteiger partial charge on any atom is 0.244 e. The molecule has 1 aromatic heterocycles. The van der Waals surface area contributed by atoms with Crippen LogP contribution >= 0.6 is 15.9 Å². The number of anilines is 1. The first kappa shape index (κ1) is 15.7. The highest BCUT2D eigenvalue weighted by molar-refractivity contribution is 9.10. The van der Waals surface area contributed by atoms with Crippen LogP contribution in [0.5, 0.6) is 0 Å². The normalized spacial score (nSPS) is 20.7. The summed E-state index contributed by atoms with van der Waals surface area (Å²) in [5.74, 6) is 0.404. The first-order valence-corrected chi connectivity index (χ1v) is 8.95. The maximum atomic E-state index is 12.5. The van der Waals surface area contributed by atoms with E-state index in [1.165, 1.54) is 0 Å². The zero-order valence-corrected chi connectivity index (χ0v) is 14.3. The van der Waals surface area contributed by atoms with Gasteiger partial charge in [-0.15, -0.1) is 0 Å². The fraction of sp³-hybridized carbons (Fsp3) is 0.615. The van der Waals surface area contributed by atoms with Crippen LogP contribution in [0.15, 0.2) is 21.6 Å². The minimum Gasteiger partial charge on any atom is -0.369 e. The Morgan fingerprint density at radius 3 is 2.70 bits per heavy atom. The first-order valence-electron chi connectivity index (χ1n) is 6.68. The Morgan fingerprint density at radius 2 is 2.15 bits per heavy atom. The lowest BCUT2D eigenvalue weighted by Gasteiger charge is -2.13. The lowest BCUT2D eigenvalue weighted by atomic mass is 10.2. The van der Waals surface area contributed by atoms with E-state index in [0.717, 1.165) is 12.8 Å². The highest BCUT2D eigenvalue weighted by atomic mass is 79.9. The van der Waals surface area contributed by atoms with Gasteiger partial charge in [0.05, 0.1) is 0 Å². The van der Waals surface area contributed by atoms with Gasteiger partial charge in [0.2, 0.25) is 10.0 Å². The molecule has 0 spiro atoms. The van der Waals surface area contributed by atoms with E-state index in [1.807, 2.05) is 6.92 Å². The van der Waals surface area contributed by atoms with Crippen molar-refractivity contribution in [3.05, 3.63) is 16.7 Å². The number of hydrogen-bond acceptors (Lipinski definition) is 4. The predicted octanol–water partition coefficient (Wildman–Crippen LogP) is 2.74. The molecular weight excluding hydrogens is 342 g/mol. The summed E-state index contributed by atoms with van der Waals surface area (Å²) in [6.07, 6.45) is 3.36. The molecule has 5 nitrogen and oxygen atoms in total. The Balaban J connectivity index is 2.27. The van der Waals surface area contributed by atoms with Gasteiger partial charge in [-0.25, -0.2) is 18.1 Å². The van der Waals surface area contributed by atoms with E-state index in [9.17, 15) is 8.42 Å². The molecule has 1 aliphatic rings. The van der Waals surface area contributed by atoms with E-state index in [2.05, 4.69) is 44.8 Å². The van der Waals surface area contributed by atoms with Gasteiger partial charge >= 0.3 is 0 Å². The van der Waals surface area contributed by atoms with Crippen LogP contribution in [0.3, 0.4) is 0 Å². The van der Waals surface area contributed by atoms with E-state index >= 15 is 0 Å². The number of rotatable bonds is 6. The summed E-state index contributed by atoms with van der Waals surface area (Å²) in [5, 5.41) is 3.06. The van der Waals surface area contributed by atoms with Gasteiger partial charge < -0.3 is 5.32 Å². The van der Waals surface area contributed by atoms with Crippen LogP contribution in [0.4, 0.5) is 5.82 Å². The number of nitrogens with zero attached hydrogens (tertiary/aromatic N) is 1. The molecule has 112 valence electrons. The van der Waals surface area contributed by atoms with Gasteiger partial charge in [-0.05, 0) is 40.3 Å². The molecule has 1 fully saturated rings. The molecule has 0 radical (unpaired) electrons. The smallest absolute Gasteiger partial charge is 0.244 e. The molecule has 1 saturated carbocycles. The molecule has 20 heavy (non-hydrogen) atoms. The van der Waals surface area contributed by atoms with Gasteiger partial charge in [0.1, 0.15) is 10.7 Å². The number of nitrogens with one attached hydrogen (secondary N) is 2. The standard InChI is InChI=1S/C13H20BrN3O2S/c1-4-5-15-12-10(6-9(14)8-16-12)20(18,19)17-11-7-13(11,2)3/h6,8,11,17H,4-5,7H2,1-3H3,(H,15,16). The second-order valence-corrected chi connectivity index (χ2v) is 8.39. The van der Waals surface area contributed by atoms with E-state index in [1.54, 1.807) is 12.3 Å². The van der Waals surface area contributed by atoms with Crippen molar-refractivity contribution >= 4 is 31.8 Å². The molecule has 0 amide bonds. The van der Waals surface area contributed by atoms with Crippen molar-refractivity contribution in [1.82, 2.24) is 9.71 Å². The Morgan fingerprint density at radius 1 is 1.50 bits per heavy atom. The molecule has 2 rings (SSSR count). The van der Waals surface area contributed by atoms with Crippen molar-refractivity contribution in [2.24, 2.45) is 5.41 Å². The fourth-order valence-electron chi connectivity index (χ4n) is 1.92. The average Bonchev–Trinajstić information content (AvgIpc) is 2.93. The molecule has 2 N–H and O–H groups in total. The van der Waals surface area contributed by atoms with Crippen LogP contribution in [0, 0.1) is 5.41 Å². The fourth-order valence-corrected chi connectivity index (χ4v) is 3.97. The van der Waals surface area contributed by atoms with Gasteiger partial charge in [-0.1, -0.05) is 20.8 Å². The van der Waals surface area contributed by atoms with Crippen LogP contribution in [-0.4, -0.2) is 26.0 Å². The second kappa shape index (κ2) is 5.61. The van der Waals surface area contributed by atoms with Gasteiger partial charge in [-0.2, -0.15) is 0 Å². The topological polar surface area (TPSA) is 71.1 Å². The van der Waals surface area contributed by atoms with Crippen molar-refractivity contribution in [3.63, 3.8) is 0 Å². The maximum absolute atomic E-state index is 12.5. The molecule has 7 heteroatoms. The van der Waals surface area contributed by atoms with Crippen LogP contribution in [-0.2, 0) is 10.0 Å². The number of sulfonamides is 1. The number of hydrogen-bond donors (Lipinski definition) is 2. The molecule has 1 aliphatic carbocycles. The monoisotopic (exact) mass is 361 g/mol. The van der Waals surface area contributed by atoms with Gasteiger partial charge in [-0.3, -0.25) is 0 Å². The van der Waals surface area contributed by atoms with Gasteiger partial charge in [0.25, 0.3) is 0 Å². The molecule has 0 aliphatic heterocycles. The molecule has 0 bridgehead atoms. The highest BCUT2D eigenvalue weighted by Gasteiger charge is 2.48. The summed E-state index contributed by atoms with van der Waals surface area (Å²) in [6.45, 7) is 6.81. The number of aromatic nitrogens is 1. The third kappa shape index (κ3) is 3.51. The number of halogens is 1. The van der Waals surface area contributed by atoms with Crippen molar-refractivity contribution in [1.29, 1.82) is 0 Å². The summed E-state index contributed by atoms with van der Waals surface area (Å²) in [6, 6.07) is 1.59. The van der Waals surface area contributed by atoms with Crippen LogP contribution in [0.2, 0.25) is 0 Å². The SMILES string of the molecule is CCCNc1ncc(Br)cc1S(=O)(=O)NC1CC1(C)C. The lowest BCUT2D eigenvalue weighted by Crippen LogP contribution is -2.29. The summed E-state index contributed by atoms with van der Waals surface area (Å²) in [4.78, 5) is 4.37. The largest absolute Gasteiger partial charge is 0.369 e. The van der Waals surface area contributed by atoms with Gasteiger partial charge in [0, 0.05) is 23.3 Å². The summed E-state index contributed by atoms with van der Waals surface area (Å²) in [5.41, 5.74) is 0.0452. The van der Waals surface area contributed by atoms with Crippen molar-refractivity contribution in [3.8, 4) is 0 Å². The minimum atomic E-state index is -3.56. The quantitative estimate of drug-likeness (QED) is 0.816. The second-order valence-electron chi connectivity index (χ2n) is 5.79. The minimum absolute atomic E-state index is 0.00510. The molecular formula is C13H20BrN3O2S. The van der Waals surface area contributed by atoms with Crippen LogP contribution < -0.4 is 10.0 Å². The van der Waals surface area contributed by atoms with Crippen LogP contribution in [0.1, 0.15) is 33.6 Å². The Labute approximate surface area is 128 Å². The zero-order chi connectivity index (χ0) is 15.0. The molecule has 1 aromatic rings. The average molecular weight is 362 g/mol. The molecule has 1 atom stereocenters. The third-order valence-electron chi connectivity index (χ3n) is 3.46. The Hall–Kier alpha value is -0.660. The van der Waals surface area contributed by atoms with Crippen molar-refractivity contribution < 1.29 is 8.42 Å². The first-order chi connectivity index (χ1) is 9.26. The lowest BCUT2D eigenvalue weighted by molar-refractivity contribution is 0.555. The highest BCUT2D eigenvalue weighted by Crippen LogP contribution is 2.45. The van der Waals surface area contributed by atoms with E-state index in [0.29, 0.717) is 16.8 Å². The number of pyridine rings is 1. The summed E-state index contributed by atoms with van der Waals surface area (Å²) < 4.78 is 28.4. The summed E-state index contributed by atoms with van der Waals surface area (Å²) in [7, 11) is -3.56. The zero-order valence-electron chi connectivity index (χ0n) is 11.9. The van der Waals surface area contributed by atoms with Crippen LogP contribution in [0.25, 0.3) is 0 Å². The Bertz CT molecular complexity index is 602. The van der Waals surface area contributed by atoms with E-state index < -0.39 is 10.0 Å². The Kier molecular flexibility index (Phi) is 4.41. The summed E-state index contributed by atoms with van der Waals surface area (Å²) >= 11 is 3.28.